The molecule has 0 atom stereocenters. The summed E-state index contributed by atoms with van der Waals surface area (Å²) in [6.07, 6.45) is 0. The van der Waals surface area contributed by atoms with Crippen LogP contribution in [0.5, 0.6) is 11.5 Å². The molecule has 0 spiro atoms. The van der Waals surface area contributed by atoms with E-state index in [9.17, 15) is 4.79 Å². The van der Waals surface area contributed by atoms with Crippen molar-refractivity contribution in [3.8, 4) is 11.5 Å². The average molecular weight is 404 g/mol. The Morgan fingerprint density at radius 3 is 1.90 bits per heavy atom. The minimum absolute atomic E-state index is 0.0344. The number of carbonyl (C=O) groups excluding carboxylic acids is 1. The standard InChI is InChI=1S/C22H28O7/c1-17(2)22(24)29-16-14-26-12-11-25-13-15-28-21-8-4-5-18-19(21)6-3-7-20(18)27-10-9-23/h3-8,23H,1,9-16H2,2H3. The molecule has 0 unspecified atom stereocenters. The van der Waals surface area contributed by atoms with Crippen LogP contribution in [0.1, 0.15) is 6.92 Å². The molecule has 0 amide bonds. The van der Waals surface area contributed by atoms with Gasteiger partial charge in [-0.15, -0.1) is 0 Å². The first-order valence-corrected chi connectivity index (χ1v) is 9.50. The average Bonchev–Trinajstić information content (AvgIpc) is 2.73. The topological polar surface area (TPSA) is 83.5 Å². The van der Waals surface area contributed by atoms with Gasteiger partial charge in [-0.2, -0.15) is 0 Å². The van der Waals surface area contributed by atoms with Crippen LogP contribution in [0.2, 0.25) is 0 Å². The number of benzene rings is 2. The Morgan fingerprint density at radius 1 is 0.828 bits per heavy atom. The second-order valence-electron chi connectivity index (χ2n) is 6.17. The van der Waals surface area contributed by atoms with Crippen LogP contribution < -0.4 is 9.47 Å². The van der Waals surface area contributed by atoms with Crippen LogP contribution in [0.4, 0.5) is 0 Å². The zero-order chi connectivity index (χ0) is 20.9. The normalized spacial score (nSPS) is 10.7. The summed E-state index contributed by atoms with van der Waals surface area (Å²) in [7, 11) is 0. The highest BCUT2D eigenvalue weighted by atomic mass is 16.6. The van der Waals surface area contributed by atoms with Gasteiger partial charge in [0.05, 0.1) is 33.0 Å². The fraction of sp³-hybridized carbons (Fsp3) is 0.409. The lowest BCUT2D eigenvalue weighted by Crippen LogP contribution is -2.14. The molecule has 2 aromatic rings. The Bertz CT molecular complexity index is 788. The van der Waals surface area contributed by atoms with Crippen LogP contribution in [0.15, 0.2) is 48.6 Å². The maximum atomic E-state index is 11.2. The zero-order valence-electron chi connectivity index (χ0n) is 16.7. The molecule has 0 aliphatic rings. The van der Waals surface area contributed by atoms with Gasteiger partial charge >= 0.3 is 5.97 Å². The molecule has 0 fully saturated rings. The highest BCUT2D eigenvalue weighted by Gasteiger charge is 2.07. The minimum Gasteiger partial charge on any atom is -0.491 e. The number of esters is 1. The third kappa shape index (κ3) is 7.73. The van der Waals surface area contributed by atoms with Crippen molar-refractivity contribution in [3.05, 3.63) is 48.6 Å². The summed E-state index contributed by atoms with van der Waals surface area (Å²) in [6.45, 7) is 7.48. The molecule has 0 saturated carbocycles. The molecule has 158 valence electrons. The van der Waals surface area contributed by atoms with Crippen molar-refractivity contribution in [2.45, 2.75) is 6.92 Å². The molecule has 1 N–H and O–H groups in total. The van der Waals surface area contributed by atoms with Gasteiger partial charge in [-0.25, -0.2) is 4.79 Å². The lowest BCUT2D eigenvalue weighted by molar-refractivity contribution is -0.140. The van der Waals surface area contributed by atoms with Gasteiger partial charge in [0.1, 0.15) is 31.3 Å². The second-order valence-corrected chi connectivity index (χ2v) is 6.17. The molecule has 0 heterocycles. The van der Waals surface area contributed by atoms with E-state index in [1.807, 2.05) is 36.4 Å². The predicted octanol–water partition coefficient (Wildman–Crippen LogP) is 2.74. The van der Waals surface area contributed by atoms with E-state index < -0.39 is 5.97 Å². The van der Waals surface area contributed by atoms with Gasteiger partial charge in [0.25, 0.3) is 0 Å². The third-order valence-electron chi connectivity index (χ3n) is 3.86. The Balaban J connectivity index is 1.65. The molecular formula is C22H28O7. The zero-order valence-corrected chi connectivity index (χ0v) is 16.7. The first kappa shape index (κ1) is 22.7. The van der Waals surface area contributed by atoms with E-state index in [1.54, 1.807) is 6.92 Å². The number of aliphatic hydroxyl groups excluding tert-OH is 1. The Kier molecular flexibility index (Phi) is 9.99. The number of ether oxygens (including phenoxy) is 5. The van der Waals surface area contributed by atoms with Crippen molar-refractivity contribution < 1.29 is 33.6 Å². The number of hydrogen-bond acceptors (Lipinski definition) is 7. The first-order valence-electron chi connectivity index (χ1n) is 9.50. The van der Waals surface area contributed by atoms with E-state index in [1.165, 1.54) is 0 Å². The lowest BCUT2D eigenvalue weighted by atomic mass is 10.1. The van der Waals surface area contributed by atoms with E-state index in [0.29, 0.717) is 44.4 Å². The number of fused-ring (bicyclic) bond motifs is 1. The fourth-order valence-corrected chi connectivity index (χ4v) is 2.51. The smallest absolute Gasteiger partial charge is 0.333 e. The number of carbonyl (C=O) groups is 1. The molecule has 0 aromatic heterocycles. The molecule has 7 heteroatoms. The molecule has 0 aliphatic heterocycles. The molecule has 7 nitrogen and oxygen atoms in total. The number of aliphatic hydroxyl groups is 1. The van der Waals surface area contributed by atoms with Crippen LogP contribution in [-0.2, 0) is 19.0 Å². The van der Waals surface area contributed by atoms with Crippen molar-refractivity contribution in [1.29, 1.82) is 0 Å². The SMILES string of the molecule is C=C(C)C(=O)OCCOCCOCCOc1cccc2c(OCCO)cccc12. The van der Waals surface area contributed by atoms with Crippen molar-refractivity contribution in [1.82, 2.24) is 0 Å². The van der Waals surface area contributed by atoms with E-state index in [2.05, 4.69) is 6.58 Å². The molecule has 2 aromatic carbocycles. The van der Waals surface area contributed by atoms with Crippen LogP contribution in [-0.4, -0.2) is 63.9 Å². The molecule has 0 aliphatic carbocycles. The maximum absolute atomic E-state index is 11.2. The summed E-state index contributed by atoms with van der Waals surface area (Å²) < 4.78 is 27.1. The summed E-state index contributed by atoms with van der Waals surface area (Å²) in [5, 5.41) is 10.8. The van der Waals surface area contributed by atoms with Crippen LogP contribution in [0.3, 0.4) is 0 Å². The van der Waals surface area contributed by atoms with Gasteiger partial charge in [-0.3, -0.25) is 0 Å². The van der Waals surface area contributed by atoms with E-state index in [0.717, 1.165) is 16.5 Å². The second kappa shape index (κ2) is 12.8. The van der Waals surface area contributed by atoms with Gasteiger partial charge in [-0.1, -0.05) is 30.8 Å². The van der Waals surface area contributed by atoms with Gasteiger partial charge in [0.2, 0.25) is 0 Å². The molecule has 0 radical (unpaired) electrons. The number of hydrogen-bond donors (Lipinski definition) is 1. The molecule has 29 heavy (non-hydrogen) atoms. The summed E-state index contributed by atoms with van der Waals surface area (Å²) in [5.41, 5.74) is 0.369. The predicted molar refractivity (Wildman–Crippen MR) is 109 cm³/mol. The Morgan fingerprint density at radius 2 is 1.34 bits per heavy atom. The van der Waals surface area contributed by atoms with E-state index in [4.69, 9.17) is 28.8 Å². The number of rotatable bonds is 14. The van der Waals surface area contributed by atoms with E-state index >= 15 is 0 Å². The van der Waals surface area contributed by atoms with Crippen LogP contribution in [0, 0.1) is 0 Å². The fourth-order valence-electron chi connectivity index (χ4n) is 2.51. The first-order chi connectivity index (χ1) is 14.1. The highest BCUT2D eigenvalue weighted by molar-refractivity contribution is 5.93. The highest BCUT2D eigenvalue weighted by Crippen LogP contribution is 2.32. The molecule has 0 bridgehead atoms. The minimum atomic E-state index is -0.414. The molecule has 2 rings (SSSR count). The summed E-state index contributed by atoms with van der Waals surface area (Å²) in [6, 6.07) is 11.5. The summed E-state index contributed by atoms with van der Waals surface area (Å²) >= 11 is 0. The van der Waals surface area contributed by atoms with Gasteiger partial charge in [0, 0.05) is 16.3 Å². The Hall–Kier alpha value is -2.61. The van der Waals surface area contributed by atoms with E-state index in [-0.39, 0.29) is 19.8 Å². The van der Waals surface area contributed by atoms with Crippen LogP contribution in [0.25, 0.3) is 10.8 Å². The molecule has 0 saturated heterocycles. The van der Waals surface area contributed by atoms with Crippen LogP contribution >= 0.6 is 0 Å². The third-order valence-corrected chi connectivity index (χ3v) is 3.86. The van der Waals surface area contributed by atoms with Gasteiger partial charge < -0.3 is 28.8 Å². The van der Waals surface area contributed by atoms with Crippen molar-refractivity contribution in [3.63, 3.8) is 0 Å². The maximum Gasteiger partial charge on any atom is 0.333 e. The summed E-state index contributed by atoms with van der Waals surface area (Å²) in [5.74, 6) is 1.04. The quantitative estimate of drug-likeness (QED) is 0.294. The summed E-state index contributed by atoms with van der Waals surface area (Å²) in [4.78, 5) is 11.2. The monoisotopic (exact) mass is 404 g/mol. The largest absolute Gasteiger partial charge is 0.491 e. The Labute approximate surface area is 170 Å². The van der Waals surface area contributed by atoms with Crippen molar-refractivity contribution in [2.75, 3.05) is 52.9 Å². The van der Waals surface area contributed by atoms with Gasteiger partial charge in [-0.05, 0) is 19.1 Å². The van der Waals surface area contributed by atoms with Gasteiger partial charge in [0.15, 0.2) is 0 Å². The van der Waals surface area contributed by atoms with Crippen molar-refractivity contribution >= 4 is 16.7 Å². The lowest BCUT2D eigenvalue weighted by Gasteiger charge is -2.12. The molecular weight excluding hydrogens is 376 g/mol. The van der Waals surface area contributed by atoms with Crippen molar-refractivity contribution in [2.24, 2.45) is 0 Å².